The Hall–Kier alpha value is -3.33. The lowest BCUT2D eigenvalue weighted by Gasteiger charge is -2.55. The molecule has 9 heteroatoms. The van der Waals surface area contributed by atoms with Gasteiger partial charge in [-0.15, -0.1) is 0 Å². The maximum Gasteiger partial charge on any atom is 0.254 e. The molecule has 148 valence electrons. The van der Waals surface area contributed by atoms with Crippen LogP contribution in [0, 0.1) is 11.2 Å². The zero-order valence-electron chi connectivity index (χ0n) is 15.8. The number of halogens is 1. The Labute approximate surface area is 166 Å². The van der Waals surface area contributed by atoms with E-state index in [9.17, 15) is 9.18 Å². The lowest BCUT2D eigenvalue weighted by molar-refractivity contribution is -0.127. The van der Waals surface area contributed by atoms with E-state index in [-0.39, 0.29) is 17.0 Å². The average Bonchev–Trinajstić information content (AvgIpc) is 3.12. The van der Waals surface area contributed by atoms with Crippen molar-refractivity contribution in [2.75, 3.05) is 36.5 Å². The highest BCUT2D eigenvalue weighted by Crippen LogP contribution is 2.40. The molecule has 0 radical (unpaired) electrons. The second-order valence-electron chi connectivity index (χ2n) is 7.59. The Bertz CT molecular complexity index is 1070. The van der Waals surface area contributed by atoms with Gasteiger partial charge in [0.15, 0.2) is 5.78 Å². The van der Waals surface area contributed by atoms with Crippen LogP contribution in [0.5, 0.6) is 0 Å². The fourth-order valence-corrected chi connectivity index (χ4v) is 3.55. The molecule has 2 aliphatic heterocycles. The number of nitrogens with zero attached hydrogens (tertiary/aromatic N) is 5. The summed E-state index contributed by atoms with van der Waals surface area (Å²) in [5.74, 6) is 1.24. The van der Waals surface area contributed by atoms with Crippen molar-refractivity contribution in [3.8, 4) is 5.95 Å². The summed E-state index contributed by atoms with van der Waals surface area (Å²) in [7, 11) is 0. The summed E-state index contributed by atoms with van der Waals surface area (Å²) in [5, 5.41) is 7.45. The number of ether oxygens (including phenoxy) is 1. The summed E-state index contributed by atoms with van der Waals surface area (Å²) in [5.41, 5.74) is 1.30. The van der Waals surface area contributed by atoms with E-state index >= 15 is 0 Å². The molecule has 8 nitrogen and oxygen atoms in total. The molecular formula is C20H19FN6O2. The molecule has 2 aromatic heterocycles. The SMILES string of the molecule is CC(=O)c1ccn(-c2nc(Nc3ccc(F)cc3)cc(N3CC4(COC4)C3)n2)n1. The van der Waals surface area contributed by atoms with Gasteiger partial charge in [-0.05, 0) is 30.3 Å². The lowest BCUT2D eigenvalue weighted by Crippen LogP contribution is -2.66. The minimum atomic E-state index is -0.304. The van der Waals surface area contributed by atoms with Gasteiger partial charge in [0, 0.05) is 38.0 Å². The number of Topliss-reactive ketones (excluding diaryl/α,β-unsaturated/α-hetero) is 1. The molecule has 0 saturated carbocycles. The molecule has 0 amide bonds. The number of hydrogen-bond acceptors (Lipinski definition) is 7. The molecule has 2 aliphatic rings. The molecule has 0 bridgehead atoms. The maximum atomic E-state index is 13.2. The van der Waals surface area contributed by atoms with Gasteiger partial charge in [-0.2, -0.15) is 15.1 Å². The number of nitrogens with one attached hydrogen (secondary N) is 1. The first-order valence-electron chi connectivity index (χ1n) is 9.31. The summed E-state index contributed by atoms with van der Waals surface area (Å²) in [6, 6.07) is 9.54. The van der Waals surface area contributed by atoms with Crippen LogP contribution in [0.2, 0.25) is 0 Å². The van der Waals surface area contributed by atoms with Crippen molar-refractivity contribution < 1.29 is 13.9 Å². The molecule has 2 saturated heterocycles. The summed E-state index contributed by atoms with van der Waals surface area (Å²) in [6.07, 6.45) is 1.66. The van der Waals surface area contributed by atoms with Crippen LogP contribution in [-0.4, -0.2) is 51.8 Å². The van der Waals surface area contributed by atoms with Crippen LogP contribution in [0.15, 0.2) is 42.6 Å². The average molecular weight is 394 g/mol. The number of rotatable bonds is 5. The van der Waals surface area contributed by atoms with Crippen molar-refractivity contribution in [3.63, 3.8) is 0 Å². The second kappa shape index (κ2) is 6.63. The van der Waals surface area contributed by atoms with Gasteiger partial charge in [0.2, 0.25) is 0 Å². The number of anilines is 3. The van der Waals surface area contributed by atoms with E-state index in [0.717, 1.165) is 32.1 Å². The van der Waals surface area contributed by atoms with E-state index in [4.69, 9.17) is 4.74 Å². The van der Waals surface area contributed by atoms with Crippen molar-refractivity contribution in [1.29, 1.82) is 0 Å². The van der Waals surface area contributed by atoms with Gasteiger partial charge < -0.3 is 15.0 Å². The minimum absolute atomic E-state index is 0.126. The fourth-order valence-electron chi connectivity index (χ4n) is 3.55. The van der Waals surface area contributed by atoms with Crippen molar-refractivity contribution in [2.45, 2.75) is 6.92 Å². The molecule has 0 atom stereocenters. The summed E-state index contributed by atoms with van der Waals surface area (Å²) in [6.45, 7) is 4.77. The van der Waals surface area contributed by atoms with Gasteiger partial charge >= 0.3 is 0 Å². The van der Waals surface area contributed by atoms with Crippen LogP contribution in [0.1, 0.15) is 17.4 Å². The first kappa shape index (κ1) is 17.7. The number of aromatic nitrogens is 4. The number of carbonyl (C=O) groups excluding carboxylic acids is 1. The van der Waals surface area contributed by atoms with E-state index in [1.54, 1.807) is 24.4 Å². The Morgan fingerprint density at radius 3 is 2.55 bits per heavy atom. The van der Waals surface area contributed by atoms with Gasteiger partial charge in [0.25, 0.3) is 5.95 Å². The quantitative estimate of drug-likeness (QED) is 0.666. The van der Waals surface area contributed by atoms with Crippen LogP contribution in [-0.2, 0) is 4.74 Å². The van der Waals surface area contributed by atoms with Gasteiger partial charge in [-0.3, -0.25) is 4.79 Å². The summed E-state index contributed by atoms with van der Waals surface area (Å²) >= 11 is 0. The molecule has 1 aromatic carbocycles. The Morgan fingerprint density at radius 2 is 1.93 bits per heavy atom. The van der Waals surface area contributed by atoms with Crippen molar-refractivity contribution in [1.82, 2.24) is 19.7 Å². The van der Waals surface area contributed by atoms with Crippen LogP contribution in [0.4, 0.5) is 21.7 Å². The number of carbonyl (C=O) groups is 1. The van der Waals surface area contributed by atoms with Crippen LogP contribution < -0.4 is 10.2 Å². The first-order valence-corrected chi connectivity index (χ1v) is 9.31. The lowest BCUT2D eigenvalue weighted by atomic mass is 9.78. The van der Waals surface area contributed by atoms with E-state index < -0.39 is 0 Å². The monoisotopic (exact) mass is 394 g/mol. The van der Waals surface area contributed by atoms with E-state index in [0.29, 0.717) is 23.1 Å². The molecule has 2 fully saturated rings. The largest absolute Gasteiger partial charge is 0.380 e. The first-order chi connectivity index (χ1) is 14.0. The van der Waals surface area contributed by atoms with Gasteiger partial charge in [0.1, 0.15) is 23.1 Å². The zero-order valence-corrected chi connectivity index (χ0v) is 15.8. The Kier molecular flexibility index (Phi) is 4.06. The van der Waals surface area contributed by atoms with Crippen LogP contribution in [0.3, 0.4) is 0 Å². The van der Waals surface area contributed by atoms with E-state index in [2.05, 4.69) is 25.3 Å². The molecular weight excluding hydrogens is 375 g/mol. The van der Waals surface area contributed by atoms with E-state index in [1.165, 1.54) is 23.7 Å². The number of benzene rings is 1. The minimum Gasteiger partial charge on any atom is -0.380 e. The third kappa shape index (κ3) is 3.33. The fraction of sp³-hybridized carbons (Fsp3) is 0.300. The number of ketones is 1. The van der Waals surface area contributed by atoms with Gasteiger partial charge in [0.05, 0.1) is 18.6 Å². The predicted octanol–water partition coefficient (Wildman–Crippen LogP) is 2.58. The summed E-state index contributed by atoms with van der Waals surface area (Å²) < 4.78 is 20.0. The van der Waals surface area contributed by atoms with Crippen molar-refractivity contribution in [3.05, 3.63) is 54.1 Å². The molecule has 1 N–H and O–H groups in total. The smallest absolute Gasteiger partial charge is 0.254 e. The highest BCUT2D eigenvalue weighted by molar-refractivity contribution is 5.91. The molecule has 5 rings (SSSR count). The highest BCUT2D eigenvalue weighted by Gasteiger charge is 2.49. The molecule has 29 heavy (non-hydrogen) atoms. The van der Waals surface area contributed by atoms with Crippen LogP contribution in [0.25, 0.3) is 5.95 Å². The van der Waals surface area contributed by atoms with Gasteiger partial charge in [-0.1, -0.05) is 0 Å². The zero-order chi connectivity index (χ0) is 20.0. The third-order valence-corrected chi connectivity index (χ3v) is 5.17. The second-order valence-corrected chi connectivity index (χ2v) is 7.59. The third-order valence-electron chi connectivity index (χ3n) is 5.17. The van der Waals surface area contributed by atoms with Crippen molar-refractivity contribution in [2.24, 2.45) is 5.41 Å². The summed E-state index contributed by atoms with van der Waals surface area (Å²) in [4.78, 5) is 22.9. The molecule has 1 spiro atoms. The topological polar surface area (TPSA) is 85.2 Å². The Morgan fingerprint density at radius 1 is 1.17 bits per heavy atom. The van der Waals surface area contributed by atoms with E-state index in [1.807, 2.05) is 6.07 Å². The number of hydrogen-bond donors (Lipinski definition) is 1. The van der Waals surface area contributed by atoms with Crippen LogP contribution >= 0.6 is 0 Å². The molecule has 4 heterocycles. The molecule has 0 aliphatic carbocycles. The van der Waals surface area contributed by atoms with Gasteiger partial charge in [-0.25, -0.2) is 9.07 Å². The maximum absolute atomic E-state index is 13.2. The Balaban J connectivity index is 1.48. The molecule has 3 aromatic rings. The predicted molar refractivity (Wildman–Crippen MR) is 104 cm³/mol. The standard InChI is InChI=1S/C20H19FN6O2/c1-13(28)16-6-7-27(25-16)19-23-17(22-15-4-2-14(21)3-5-15)8-18(24-19)26-9-20(10-26)11-29-12-20/h2-8H,9-12H2,1H3,(H,22,23,24). The highest BCUT2D eigenvalue weighted by atomic mass is 19.1. The normalized spacial score (nSPS) is 17.0. The van der Waals surface area contributed by atoms with Crippen molar-refractivity contribution >= 4 is 23.1 Å². The molecule has 0 unspecified atom stereocenters.